The summed E-state index contributed by atoms with van der Waals surface area (Å²) in [6.07, 6.45) is 1.79. The van der Waals surface area contributed by atoms with Gasteiger partial charge in [-0.25, -0.2) is 14.5 Å². The lowest BCUT2D eigenvalue weighted by Crippen LogP contribution is -2.36. The highest BCUT2D eigenvalue weighted by atomic mass is 16.5. The molecule has 1 aliphatic heterocycles. The molecular formula is C21H23N5O2. The van der Waals surface area contributed by atoms with Gasteiger partial charge in [0.2, 0.25) is 0 Å². The molecule has 0 fully saturated rings. The van der Waals surface area contributed by atoms with Crippen molar-refractivity contribution >= 4 is 11.7 Å². The van der Waals surface area contributed by atoms with Gasteiger partial charge in [-0.1, -0.05) is 29.8 Å². The van der Waals surface area contributed by atoms with Crippen LogP contribution in [-0.4, -0.2) is 20.8 Å². The first-order valence-corrected chi connectivity index (χ1v) is 9.41. The van der Waals surface area contributed by atoms with E-state index in [1.54, 1.807) is 0 Å². The maximum absolute atomic E-state index is 12.6. The third kappa shape index (κ3) is 3.98. The Morgan fingerprint density at radius 1 is 1.14 bits per heavy atom. The molecule has 2 N–H and O–H groups in total. The smallest absolute Gasteiger partial charge is 0.319 e. The fourth-order valence-corrected chi connectivity index (χ4v) is 3.31. The van der Waals surface area contributed by atoms with Crippen LogP contribution >= 0.6 is 0 Å². The molecule has 2 amide bonds. The number of para-hydroxylation sites is 2. The summed E-state index contributed by atoms with van der Waals surface area (Å²) in [5.74, 6) is 2.84. The number of nitrogens with zero attached hydrogens (tertiary/aromatic N) is 3. The average Bonchev–Trinajstić information content (AvgIpc) is 3.06. The Morgan fingerprint density at radius 3 is 2.75 bits per heavy atom. The van der Waals surface area contributed by atoms with E-state index in [9.17, 15) is 4.79 Å². The molecule has 1 aliphatic rings. The summed E-state index contributed by atoms with van der Waals surface area (Å²) >= 11 is 0. The fourth-order valence-electron chi connectivity index (χ4n) is 3.31. The van der Waals surface area contributed by atoms with E-state index in [0.717, 1.165) is 42.3 Å². The van der Waals surface area contributed by atoms with Gasteiger partial charge < -0.3 is 15.4 Å². The van der Waals surface area contributed by atoms with Gasteiger partial charge in [-0.2, -0.15) is 5.10 Å². The van der Waals surface area contributed by atoms with Gasteiger partial charge in [-0.3, -0.25) is 0 Å². The van der Waals surface area contributed by atoms with E-state index in [1.807, 2.05) is 67.1 Å². The number of amides is 2. The largest absolute Gasteiger partial charge is 0.455 e. The molecule has 144 valence electrons. The zero-order valence-corrected chi connectivity index (χ0v) is 16.0. The van der Waals surface area contributed by atoms with E-state index < -0.39 is 0 Å². The molecule has 2 heterocycles. The van der Waals surface area contributed by atoms with Crippen molar-refractivity contribution in [2.75, 3.05) is 5.32 Å². The number of rotatable bonds is 4. The van der Waals surface area contributed by atoms with Crippen LogP contribution in [-0.2, 0) is 6.54 Å². The lowest BCUT2D eigenvalue weighted by Gasteiger charge is -2.23. The first-order valence-electron chi connectivity index (χ1n) is 9.41. The van der Waals surface area contributed by atoms with Crippen molar-refractivity contribution in [2.45, 2.75) is 39.3 Å². The van der Waals surface area contributed by atoms with Gasteiger partial charge in [0.25, 0.3) is 0 Å². The quantitative estimate of drug-likeness (QED) is 0.708. The van der Waals surface area contributed by atoms with Crippen LogP contribution in [0.5, 0.6) is 11.5 Å². The second-order valence-corrected chi connectivity index (χ2v) is 6.94. The minimum atomic E-state index is -0.293. The van der Waals surface area contributed by atoms with E-state index in [0.29, 0.717) is 11.4 Å². The predicted octanol–water partition coefficient (Wildman–Crippen LogP) is 4.34. The van der Waals surface area contributed by atoms with E-state index >= 15 is 0 Å². The van der Waals surface area contributed by atoms with Crippen molar-refractivity contribution in [1.29, 1.82) is 0 Å². The molecule has 2 aromatic carbocycles. The summed E-state index contributed by atoms with van der Waals surface area (Å²) in [7, 11) is 0. The summed E-state index contributed by atoms with van der Waals surface area (Å²) in [4.78, 5) is 17.1. The summed E-state index contributed by atoms with van der Waals surface area (Å²) < 4.78 is 7.82. The van der Waals surface area contributed by atoms with Gasteiger partial charge >= 0.3 is 6.03 Å². The Hall–Kier alpha value is -3.35. The van der Waals surface area contributed by atoms with Crippen molar-refractivity contribution in [2.24, 2.45) is 0 Å². The van der Waals surface area contributed by atoms with E-state index in [2.05, 4.69) is 20.7 Å². The summed E-state index contributed by atoms with van der Waals surface area (Å²) in [5, 5.41) is 10.3. The minimum absolute atomic E-state index is 0.153. The van der Waals surface area contributed by atoms with Crippen LogP contribution in [0.2, 0.25) is 0 Å². The third-order valence-electron chi connectivity index (χ3n) is 4.67. The number of carbonyl (C=O) groups is 1. The van der Waals surface area contributed by atoms with E-state index in [4.69, 9.17) is 4.74 Å². The van der Waals surface area contributed by atoms with Crippen molar-refractivity contribution in [1.82, 2.24) is 20.1 Å². The first-order chi connectivity index (χ1) is 13.6. The van der Waals surface area contributed by atoms with Crippen LogP contribution in [0, 0.1) is 13.8 Å². The van der Waals surface area contributed by atoms with Gasteiger partial charge in [0.1, 0.15) is 17.4 Å². The maximum atomic E-state index is 12.6. The molecule has 7 nitrogen and oxygen atoms in total. The number of urea groups is 1. The molecule has 0 saturated carbocycles. The van der Waals surface area contributed by atoms with Gasteiger partial charge in [-0.15, -0.1) is 0 Å². The number of hydrogen-bond donors (Lipinski definition) is 2. The van der Waals surface area contributed by atoms with Gasteiger partial charge in [-0.05, 0) is 51.0 Å². The average molecular weight is 377 g/mol. The molecular weight excluding hydrogens is 354 g/mol. The van der Waals surface area contributed by atoms with E-state index in [-0.39, 0.29) is 12.1 Å². The topological polar surface area (TPSA) is 81.1 Å². The number of benzene rings is 2. The second-order valence-electron chi connectivity index (χ2n) is 6.94. The molecule has 0 bridgehead atoms. The lowest BCUT2D eigenvalue weighted by atomic mass is 10.1. The number of fused-ring (bicyclic) bond motifs is 1. The van der Waals surface area contributed by atoms with Crippen LogP contribution in [0.15, 0.2) is 48.5 Å². The van der Waals surface area contributed by atoms with Crippen LogP contribution in [0.25, 0.3) is 0 Å². The van der Waals surface area contributed by atoms with Crippen molar-refractivity contribution in [3.8, 4) is 11.5 Å². The number of ether oxygens (including phenoxy) is 1. The molecule has 4 rings (SSSR count). The number of nitrogens with one attached hydrogen (secondary N) is 2. The summed E-state index contributed by atoms with van der Waals surface area (Å²) in [6, 6.07) is 14.7. The molecule has 7 heteroatoms. The Morgan fingerprint density at radius 2 is 1.93 bits per heavy atom. The normalized spacial score (nSPS) is 15.6. The Bertz CT molecular complexity index is 981. The molecule has 28 heavy (non-hydrogen) atoms. The first kappa shape index (κ1) is 18.0. The lowest BCUT2D eigenvalue weighted by molar-refractivity contribution is 0.244. The molecule has 1 atom stereocenters. The molecule has 0 aliphatic carbocycles. The molecule has 3 aromatic rings. The standard InChI is InChI=1S/C21H23N5O2/c1-14-9-11-16(12-10-14)28-19-8-4-3-6-17(19)23-21(27)24-18-7-5-13-26-20(18)22-15(2)25-26/h3-4,6,8-12,18H,5,7,13H2,1-2H3,(H2,23,24,27). The van der Waals surface area contributed by atoms with E-state index in [1.165, 1.54) is 0 Å². The number of anilines is 1. The molecule has 1 aromatic heterocycles. The van der Waals surface area contributed by atoms with Crippen LogP contribution < -0.4 is 15.4 Å². The van der Waals surface area contributed by atoms with Crippen LogP contribution in [0.1, 0.15) is 36.1 Å². The minimum Gasteiger partial charge on any atom is -0.455 e. The van der Waals surface area contributed by atoms with Crippen LogP contribution in [0.3, 0.4) is 0 Å². The van der Waals surface area contributed by atoms with Crippen molar-refractivity contribution in [3.63, 3.8) is 0 Å². The Balaban J connectivity index is 1.46. The Kier molecular flexibility index (Phi) is 4.97. The van der Waals surface area contributed by atoms with Gasteiger partial charge in [0.05, 0.1) is 11.7 Å². The number of aromatic nitrogens is 3. The molecule has 0 spiro atoms. The number of hydrogen-bond acceptors (Lipinski definition) is 4. The summed E-state index contributed by atoms with van der Waals surface area (Å²) in [5.41, 5.74) is 1.77. The summed E-state index contributed by atoms with van der Waals surface area (Å²) in [6.45, 7) is 4.72. The highest BCUT2D eigenvalue weighted by molar-refractivity contribution is 5.91. The monoisotopic (exact) mass is 377 g/mol. The van der Waals surface area contributed by atoms with Crippen molar-refractivity contribution in [3.05, 3.63) is 65.7 Å². The van der Waals surface area contributed by atoms with Crippen LogP contribution in [0.4, 0.5) is 10.5 Å². The third-order valence-corrected chi connectivity index (χ3v) is 4.67. The predicted molar refractivity (Wildman–Crippen MR) is 107 cm³/mol. The molecule has 0 radical (unpaired) electrons. The van der Waals surface area contributed by atoms with Gasteiger partial charge in [0.15, 0.2) is 5.75 Å². The highest BCUT2D eigenvalue weighted by Gasteiger charge is 2.25. The SMILES string of the molecule is Cc1ccc(Oc2ccccc2NC(=O)NC2CCCn3nc(C)nc32)cc1. The highest BCUT2D eigenvalue weighted by Crippen LogP contribution is 2.30. The Labute approximate surface area is 163 Å². The maximum Gasteiger partial charge on any atom is 0.319 e. The number of aryl methyl sites for hydroxylation is 3. The number of carbonyl (C=O) groups excluding carboxylic acids is 1. The molecule has 0 saturated heterocycles. The molecule has 1 unspecified atom stereocenters. The fraction of sp³-hybridized carbons (Fsp3) is 0.286. The zero-order chi connectivity index (χ0) is 19.5. The van der Waals surface area contributed by atoms with Crippen molar-refractivity contribution < 1.29 is 9.53 Å². The second kappa shape index (κ2) is 7.72. The zero-order valence-electron chi connectivity index (χ0n) is 16.0. The van der Waals surface area contributed by atoms with Gasteiger partial charge in [0, 0.05) is 6.54 Å².